The lowest BCUT2D eigenvalue weighted by Crippen LogP contribution is -2.46. The van der Waals surface area contributed by atoms with Crippen molar-refractivity contribution in [2.45, 2.75) is 84.4 Å². The number of hydrogen-bond acceptors (Lipinski definition) is 2. The lowest BCUT2D eigenvalue weighted by atomic mass is 9.90. The van der Waals surface area contributed by atoms with E-state index in [0.717, 1.165) is 25.3 Å². The molecule has 1 aliphatic carbocycles. The first-order valence-corrected chi connectivity index (χ1v) is 7.68. The Labute approximate surface area is 107 Å². The third kappa shape index (κ3) is 4.26. The molecule has 1 N–H and O–H groups in total. The molecule has 1 rings (SSSR count). The van der Waals surface area contributed by atoms with E-state index in [1.807, 2.05) is 0 Å². The zero-order valence-corrected chi connectivity index (χ0v) is 12.0. The number of nitrogens with zero attached hydrogens (tertiary/aromatic N) is 1. The van der Waals surface area contributed by atoms with E-state index in [1.165, 1.54) is 38.5 Å². The number of hydrogen-bond donors (Lipinski definition) is 1. The first-order valence-electron chi connectivity index (χ1n) is 7.68. The molecule has 1 aliphatic rings. The SMILES string of the molecule is CCCC(O)N(CC)C1CCCCCC1CC. The van der Waals surface area contributed by atoms with Crippen molar-refractivity contribution in [3.63, 3.8) is 0 Å². The van der Waals surface area contributed by atoms with Gasteiger partial charge in [-0.2, -0.15) is 0 Å². The highest BCUT2D eigenvalue weighted by atomic mass is 16.3. The summed E-state index contributed by atoms with van der Waals surface area (Å²) in [5.41, 5.74) is 0. The van der Waals surface area contributed by atoms with Crippen molar-refractivity contribution in [1.82, 2.24) is 4.90 Å². The van der Waals surface area contributed by atoms with Gasteiger partial charge in [-0.15, -0.1) is 0 Å². The average Bonchev–Trinajstić information content (AvgIpc) is 2.56. The minimum Gasteiger partial charge on any atom is -0.378 e. The Kier molecular flexibility index (Phi) is 7.14. The molecule has 102 valence electrons. The van der Waals surface area contributed by atoms with Crippen molar-refractivity contribution in [3.05, 3.63) is 0 Å². The molecule has 0 aromatic rings. The molecule has 17 heavy (non-hydrogen) atoms. The molecule has 0 spiro atoms. The van der Waals surface area contributed by atoms with Gasteiger partial charge in [0.1, 0.15) is 6.23 Å². The van der Waals surface area contributed by atoms with Crippen LogP contribution in [0.25, 0.3) is 0 Å². The Balaban J connectivity index is 2.68. The molecule has 2 heteroatoms. The molecule has 0 aromatic carbocycles. The normalized spacial score (nSPS) is 28.1. The monoisotopic (exact) mass is 241 g/mol. The molecular weight excluding hydrogens is 210 g/mol. The Morgan fingerprint density at radius 2 is 1.82 bits per heavy atom. The van der Waals surface area contributed by atoms with Gasteiger partial charge in [-0.3, -0.25) is 4.90 Å². The summed E-state index contributed by atoms with van der Waals surface area (Å²) in [6, 6.07) is 0.619. The fourth-order valence-corrected chi connectivity index (χ4v) is 3.37. The maximum absolute atomic E-state index is 10.3. The van der Waals surface area contributed by atoms with Gasteiger partial charge in [-0.1, -0.05) is 52.9 Å². The molecule has 3 unspecified atom stereocenters. The zero-order chi connectivity index (χ0) is 12.7. The average molecular weight is 241 g/mol. The molecule has 3 atom stereocenters. The molecule has 0 saturated heterocycles. The van der Waals surface area contributed by atoms with Crippen molar-refractivity contribution in [3.8, 4) is 0 Å². The smallest absolute Gasteiger partial charge is 0.107 e. The second kappa shape index (κ2) is 8.10. The van der Waals surface area contributed by atoms with Crippen molar-refractivity contribution in [2.75, 3.05) is 6.54 Å². The van der Waals surface area contributed by atoms with E-state index in [0.29, 0.717) is 6.04 Å². The van der Waals surface area contributed by atoms with Crippen molar-refractivity contribution >= 4 is 0 Å². The largest absolute Gasteiger partial charge is 0.378 e. The quantitative estimate of drug-likeness (QED) is 0.565. The van der Waals surface area contributed by atoms with Gasteiger partial charge in [0.2, 0.25) is 0 Å². The van der Waals surface area contributed by atoms with E-state index >= 15 is 0 Å². The first-order chi connectivity index (χ1) is 8.24. The molecule has 2 nitrogen and oxygen atoms in total. The summed E-state index contributed by atoms with van der Waals surface area (Å²) < 4.78 is 0. The van der Waals surface area contributed by atoms with Crippen LogP contribution < -0.4 is 0 Å². The van der Waals surface area contributed by atoms with E-state index in [-0.39, 0.29) is 6.23 Å². The van der Waals surface area contributed by atoms with Gasteiger partial charge >= 0.3 is 0 Å². The minimum atomic E-state index is -0.220. The van der Waals surface area contributed by atoms with E-state index < -0.39 is 0 Å². The lowest BCUT2D eigenvalue weighted by Gasteiger charge is -2.38. The fourth-order valence-electron chi connectivity index (χ4n) is 3.37. The van der Waals surface area contributed by atoms with E-state index in [4.69, 9.17) is 0 Å². The van der Waals surface area contributed by atoms with Crippen LogP contribution in [0.3, 0.4) is 0 Å². The molecule has 0 radical (unpaired) electrons. The van der Waals surface area contributed by atoms with Crippen LogP contribution in [-0.2, 0) is 0 Å². The summed E-state index contributed by atoms with van der Waals surface area (Å²) in [5.74, 6) is 0.795. The maximum Gasteiger partial charge on any atom is 0.107 e. The Bertz CT molecular complexity index is 195. The van der Waals surface area contributed by atoms with Gasteiger partial charge in [0.05, 0.1) is 0 Å². The summed E-state index contributed by atoms with van der Waals surface area (Å²) in [4.78, 5) is 2.36. The molecule has 0 aliphatic heterocycles. The van der Waals surface area contributed by atoms with Crippen LogP contribution in [0.2, 0.25) is 0 Å². The molecule has 0 aromatic heterocycles. The third-order valence-electron chi connectivity index (χ3n) is 4.36. The lowest BCUT2D eigenvalue weighted by molar-refractivity contribution is -0.0453. The van der Waals surface area contributed by atoms with Gasteiger partial charge in [-0.05, 0) is 31.7 Å². The van der Waals surface area contributed by atoms with Gasteiger partial charge < -0.3 is 5.11 Å². The second-order valence-corrected chi connectivity index (χ2v) is 5.47. The van der Waals surface area contributed by atoms with Gasteiger partial charge in [0.25, 0.3) is 0 Å². The highest BCUT2D eigenvalue weighted by molar-refractivity contribution is 4.82. The van der Waals surface area contributed by atoms with E-state index in [1.54, 1.807) is 0 Å². The van der Waals surface area contributed by atoms with Crippen molar-refractivity contribution in [2.24, 2.45) is 5.92 Å². The number of aliphatic hydroxyl groups is 1. The van der Waals surface area contributed by atoms with E-state index in [9.17, 15) is 5.11 Å². The second-order valence-electron chi connectivity index (χ2n) is 5.47. The number of rotatable bonds is 6. The molecule has 0 amide bonds. The molecule has 0 bridgehead atoms. The predicted octanol–water partition coefficient (Wildman–Crippen LogP) is 3.79. The first kappa shape index (κ1) is 15.0. The summed E-state index contributed by atoms with van der Waals surface area (Å²) >= 11 is 0. The Hall–Kier alpha value is -0.0800. The standard InChI is InChI=1S/C15H31NO/c1-4-10-15(17)16(6-3)14-12-9-7-8-11-13(14)5-2/h13-15,17H,4-12H2,1-3H3. The summed E-state index contributed by atoms with van der Waals surface area (Å²) in [6.07, 6.45) is 9.79. The zero-order valence-electron chi connectivity index (χ0n) is 12.0. The third-order valence-corrected chi connectivity index (χ3v) is 4.36. The number of aliphatic hydroxyl groups excluding tert-OH is 1. The Morgan fingerprint density at radius 3 is 2.41 bits per heavy atom. The fraction of sp³-hybridized carbons (Fsp3) is 1.00. The molecular formula is C15H31NO. The molecule has 1 saturated carbocycles. The summed E-state index contributed by atoms with van der Waals surface area (Å²) in [5, 5.41) is 10.3. The maximum atomic E-state index is 10.3. The van der Waals surface area contributed by atoms with Crippen LogP contribution in [0.1, 0.15) is 72.1 Å². The van der Waals surface area contributed by atoms with E-state index in [2.05, 4.69) is 25.7 Å². The van der Waals surface area contributed by atoms with Gasteiger partial charge in [-0.25, -0.2) is 0 Å². The summed E-state index contributed by atoms with van der Waals surface area (Å²) in [6.45, 7) is 7.64. The molecule has 0 heterocycles. The van der Waals surface area contributed by atoms with Gasteiger partial charge in [0.15, 0.2) is 0 Å². The minimum absolute atomic E-state index is 0.220. The van der Waals surface area contributed by atoms with Crippen molar-refractivity contribution in [1.29, 1.82) is 0 Å². The van der Waals surface area contributed by atoms with Crippen LogP contribution in [0.5, 0.6) is 0 Å². The predicted molar refractivity (Wildman–Crippen MR) is 73.9 cm³/mol. The highest BCUT2D eigenvalue weighted by Gasteiger charge is 2.30. The van der Waals surface area contributed by atoms with Crippen molar-refractivity contribution < 1.29 is 5.11 Å². The topological polar surface area (TPSA) is 23.5 Å². The van der Waals surface area contributed by atoms with Crippen LogP contribution in [0.15, 0.2) is 0 Å². The Morgan fingerprint density at radius 1 is 1.12 bits per heavy atom. The highest BCUT2D eigenvalue weighted by Crippen LogP contribution is 2.30. The van der Waals surface area contributed by atoms with Crippen LogP contribution >= 0.6 is 0 Å². The molecule has 1 fully saturated rings. The van der Waals surface area contributed by atoms with Crippen LogP contribution in [-0.4, -0.2) is 28.8 Å². The van der Waals surface area contributed by atoms with Crippen LogP contribution in [0.4, 0.5) is 0 Å². The summed E-state index contributed by atoms with van der Waals surface area (Å²) in [7, 11) is 0. The van der Waals surface area contributed by atoms with Crippen LogP contribution in [0, 0.1) is 5.92 Å². The van der Waals surface area contributed by atoms with Gasteiger partial charge in [0, 0.05) is 6.04 Å².